The number of rotatable bonds is 2. The van der Waals surface area contributed by atoms with Gasteiger partial charge in [0.25, 0.3) is 0 Å². The highest BCUT2D eigenvalue weighted by atomic mass is 79.9. The van der Waals surface area contributed by atoms with Crippen molar-refractivity contribution in [2.45, 2.75) is 6.17 Å². The van der Waals surface area contributed by atoms with Crippen molar-refractivity contribution in [3.8, 4) is 0 Å². The summed E-state index contributed by atoms with van der Waals surface area (Å²) in [6, 6.07) is 6.78. The Morgan fingerprint density at radius 1 is 1.36 bits per heavy atom. The van der Waals surface area contributed by atoms with Crippen LogP contribution in [0.5, 0.6) is 0 Å². The molecule has 0 heterocycles. The molecular formula is C8H8BrFO. The van der Waals surface area contributed by atoms with Gasteiger partial charge >= 0.3 is 0 Å². The molecule has 0 radical (unpaired) electrons. The lowest BCUT2D eigenvalue weighted by molar-refractivity contribution is 0.180. The number of aliphatic hydroxyl groups excluding tert-OH is 1. The monoisotopic (exact) mass is 218 g/mol. The van der Waals surface area contributed by atoms with E-state index in [2.05, 4.69) is 15.9 Å². The highest BCUT2D eigenvalue weighted by Crippen LogP contribution is 2.18. The Bertz CT molecular complexity index is 222. The second-order valence-electron chi connectivity index (χ2n) is 2.20. The van der Waals surface area contributed by atoms with Crippen molar-refractivity contribution in [3.63, 3.8) is 0 Å². The van der Waals surface area contributed by atoms with Gasteiger partial charge in [-0.05, 0) is 17.7 Å². The van der Waals surface area contributed by atoms with Crippen molar-refractivity contribution < 1.29 is 9.50 Å². The summed E-state index contributed by atoms with van der Waals surface area (Å²) >= 11 is 3.23. The van der Waals surface area contributed by atoms with Gasteiger partial charge in [-0.3, -0.25) is 0 Å². The predicted molar refractivity (Wildman–Crippen MR) is 45.1 cm³/mol. The van der Waals surface area contributed by atoms with E-state index >= 15 is 0 Å². The third-order valence-corrected chi connectivity index (χ3v) is 1.92. The Balaban J connectivity index is 2.81. The maximum absolute atomic E-state index is 12.7. The quantitative estimate of drug-likeness (QED) is 0.809. The Morgan fingerprint density at radius 3 is 2.36 bits per heavy atom. The maximum atomic E-state index is 12.7. The van der Waals surface area contributed by atoms with Gasteiger partial charge < -0.3 is 5.11 Å². The molecule has 0 bridgehead atoms. The molecule has 0 saturated carbocycles. The molecule has 0 fully saturated rings. The smallest absolute Gasteiger partial charge is 0.148 e. The molecule has 0 aliphatic rings. The van der Waals surface area contributed by atoms with Gasteiger partial charge in [-0.1, -0.05) is 28.1 Å². The van der Waals surface area contributed by atoms with Gasteiger partial charge in [0.15, 0.2) is 0 Å². The summed E-state index contributed by atoms with van der Waals surface area (Å²) in [6.07, 6.45) is -1.26. The number of benzene rings is 1. The summed E-state index contributed by atoms with van der Waals surface area (Å²) in [7, 11) is 0. The van der Waals surface area contributed by atoms with E-state index in [-0.39, 0.29) is 0 Å². The van der Waals surface area contributed by atoms with Crippen LogP contribution in [0.3, 0.4) is 0 Å². The van der Waals surface area contributed by atoms with Crippen LogP contribution in [0.15, 0.2) is 28.7 Å². The van der Waals surface area contributed by atoms with E-state index in [1.54, 1.807) is 24.3 Å². The van der Waals surface area contributed by atoms with Crippen LogP contribution in [-0.2, 0) is 0 Å². The zero-order valence-corrected chi connectivity index (χ0v) is 7.38. The van der Waals surface area contributed by atoms with Gasteiger partial charge in [0.05, 0.1) is 6.61 Å². The van der Waals surface area contributed by atoms with Crippen molar-refractivity contribution in [2.75, 3.05) is 6.61 Å². The van der Waals surface area contributed by atoms with Gasteiger partial charge in [-0.15, -0.1) is 0 Å². The molecule has 0 aromatic heterocycles. The second-order valence-corrected chi connectivity index (χ2v) is 3.12. The largest absolute Gasteiger partial charge is 0.393 e. The lowest BCUT2D eigenvalue weighted by Gasteiger charge is -2.03. The van der Waals surface area contributed by atoms with Crippen molar-refractivity contribution in [1.29, 1.82) is 0 Å². The summed E-state index contributed by atoms with van der Waals surface area (Å²) in [4.78, 5) is 0. The molecule has 11 heavy (non-hydrogen) atoms. The van der Waals surface area contributed by atoms with Crippen molar-refractivity contribution >= 4 is 15.9 Å². The highest BCUT2D eigenvalue weighted by molar-refractivity contribution is 9.10. The second kappa shape index (κ2) is 3.83. The molecule has 0 unspecified atom stereocenters. The molecule has 0 saturated heterocycles. The van der Waals surface area contributed by atoms with E-state index in [0.29, 0.717) is 5.56 Å². The fourth-order valence-corrected chi connectivity index (χ4v) is 1.04. The first kappa shape index (κ1) is 8.68. The van der Waals surface area contributed by atoms with Gasteiger partial charge in [0.1, 0.15) is 6.17 Å². The lowest BCUT2D eigenvalue weighted by atomic mass is 10.1. The predicted octanol–water partition coefficient (Wildman–Crippen LogP) is 2.45. The van der Waals surface area contributed by atoms with E-state index in [1.807, 2.05) is 0 Å². The van der Waals surface area contributed by atoms with E-state index in [9.17, 15) is 4.39 Å². The van der Waals surface area contributed by atoms with E-state index in [4.69, 9.17) is 5.11 Å². The van der Waals surface area contributed by atoms with Crippen LogP contribution in [0.2, 0.25) is 0 Å². The van der Waals surface area contributed by atoms with Crippen LogP contribution in [0.1, 0.15) is 11.7 Å². The minimum absolute atomic E-state index is 0.457. The van der Waals surface area contributed by atoms with Gasteiger partial charge in [0.2, 0.25) is 0 Å². The topological polar surface area (TPSA) is 20.2 Å². The summed E-state index contributed by atoms with van der Waals surface area (Å²) in [5.41, 5.74) is 0.510. The Kier molecular flexibility index (Phi) is 3.02. The van der Waals surface area contributed by atoms with Crippen LogP contribution < -0.4 is 0 Å². The average molecular weight is 219 g/mol. The zero-order valence-electron chi connectivity index (χ0n) is 5.80. The summed E-state index contributed by atoms with van der Waals surface area (Å²) in [5.74, 6) is 0. The molecule has 1 aromatic rings. The molecule has 1 aromatic carbocycles. The van der Waals surface area contributed by atoms with Crippen molar-refractivity contribution in [3.05, 3.63) is 34.3 Å². The molecule has 0 spiro atoms. The fourth-order valence-electron chi connectivity index (χ4n) is 0.777. The fraction of sp³-hybridized carbons (Fsp3) is 0.250. The maximum Gasteiger partial charge on any atom is 0.148 e. The Labute approximate surface area is 73.0 Å². The molecule has 0 amide bonds. The van der Waals surface area contributed by atoms with Crippen LogP contribution in [0, 0.1) is 0 Å². The number of hydrogen-bond acceptors (Lipinski definition) is 1. The molecule has 1 N–H and O–H groups in total. The molecule has 1 nitrogen and oxygen atoms in total. The van der Waals surface area contributed by atoms with Crippen LogP contribution in [-0.4, -0.2) is 11.7 Å². The molecule has 0 aliphatic heterocycles. The number of alkyl halides is 1. The third kappa shape index (κ3) is 2.27. The first-order valence-corrected chi connectivity index (χ1v) is 4.03. The standard InChI is InChI=1S/C8H8BrFO/c9-7-3-1-6(2-4-7)8(10)5-11/h1-4,8,11H,5H2/t8-/m0/s1. The van der Waals surface area contributed by atoms with Gasteiger partial charge in [0, 0.05) is 4.47 Å². The molecule has 3 heteroatoms. The van der Waals surface area contributed by atoms with E-state index in [1.165, 1.54) is 0 Å². The Morgan fingerprint density at radius 2 is 1.91 bits per heavy atom. The molecule has 1 rings (SSSR count). The summed E-state index contributed by atoms with van der Waals surface area (Å²) in [5, 5.41) is 8.47. The summed E-state index contributed by atoms with van der Waals surface area (Å²) < 4.78 is 13.6. The van der Waals surface area contributed by atoms with Crippen molar-refractivity contribution in [1.82, 2.24) is 0 Å². The molecule has 1 atom stereocenters. The Hall–Kier alpha value is -0.410. The third-order valence-electron chi connectivity index (χ3n) is 1.39. The van der Waals surface area contributed by atoms with E-state index < -0.39 is 12.8 Å². The van der Waals surface area contributed by atoms with Crippen LogP contribution in [0.25, 0.3) is 0 Å². The van der Waals surface area contributed by atoms with Crippen molar-refractivity contribution in [2.24, 2.45) is 0 Å². The molecular weight excluding hydrogens is 211 g/mol. The number of aliphatic hydroxyl groups is 1. The number of halogens is 2. The van der Waals surface area contributed by atoms with E-state index in [0.717, 1.165) is 4.47 Å². The first-order valence-electron chi connectivity index (χ1n) is 3.24. The normalized spacial score (nSPS) is 13.0. The van der Waals surface area contributed by atoms with Crippen LogP contribution >= 0.6 is 15.9 Å². The lowest BCUT2D eigenvalue weighted by Crippen LogP contribution is -1.95. The zero-order chi connectivity index (χ0) is 8.27. The SMILES string of the molecule is OC[C@H](F)c1ccc(Br)cc1. The molecule has 60 valence electrons. The summed E-state index contributed by atoms with van der Waals surface area (Å²) in [6.45, 7) is -0.457. The average Bonchev–Trinajstić information content (AvgIpc) is 2.05. The highest BCUT2D eigenvalue weighted by Gasteiger charge is 2.06. The van der Waals surface area contributed by atoms with Crippen LogP contribution in [0.4, 0.5) is 4.39 Å². The number of hydrogen-bond donors (Lipinski definition) is 1. The van der Waals surface area contributed by atoms with Gasteiger partial charge in [-0.2, -0.15) is 0 Å². The van der Waals surface area contributed by atoms with Gasteiger partial charge in [-0.25, -0.2) is 4.39 Å². The molecule has 0 aliphatic carbocycles. The first-order chi connectivity index (χ1) is 5.24. The minimum atomic E-state index is -1.26. The minimum Gasteiger partial charge on any atom is -0.393 e.